The van der Waals surface area contributed by atoms with Crippen molar-refractivity contribution in [2.24, 2.45) is 5.73 Å². The zero-order valence-corrected chi connectivity index (χ0v) is 17.1. The predicted molar refractivity (Wildman–Crippen MR) is 114 cm³/mol. The summed E-state index contributed by atoms with van der Waals surface area (Å²) in [5.74, 6) is -0.206. The van der Waals surface area contributed by atoms with Crippen LogP contribution in [0, 0.1) is 5.82 Å². The Labute approximate surface area is 177 Å². The SMILES string of the molecule is CCC1c2cc(-c3ccc(C(N)=O)cc3)cnc2NC1c1c(Cl)ccc(F)c1Cl. The number of carbonyl (C=O) groups excluding carboxylic acids is 1. The third-order valence-electron chi connectivity index (χ3n) is 5.34. The normalized spacial score (nSPS) is 17.7. The summed E-state index contributed by atoms with van der Waals surface area (Å²) in [5, 5.41) is 3.81. The molecule has 0 saturated heterocycles. The third-order valence-corrected chi connectivity index (χ3v) is 6.06. The zero-order valence-electron chi connectivity index (χ0n) is 15.5. The highest BCUT2D eigenvalue weighted by Gasteiger charge is 2.36. The Balaban J connectivity index is 1.74. The van der Waals surface area contributed by atoms with E-state index < -0.39 is 11.7 Å². The van der Waals surface area contributed by atoms with Gasteiger partial charge in [0.1, 0.15) is 11.6 Å². The molecule has 1 aliphatic rings. The summed E-state index contributed by atoms with van der Waals surface area (Å²) in [4.78, 5) is 15.9. The molecule has 7 heteroatoms. The third kappa shape index (κ3) is 3.45. The van der Waals surface area contributed by atoms with Crippen LogP contribution in [0.1, 0.15) is 46.8 Å². The molecular weight excluding hydrogens is 412 g/mol. The smallest absolute Gasteiger partial charge is 0.248 e. The molecular formula is C22H18Cl2FN3O. The molecule has 1 aliphatic heterocycles. The number of nitrogens with zero attached hydrogens (tertiary/aromatic N) is 1. The largest absolute Gasteiger partial charge is 0.366 e. The minimum Gasteiger partial charge on any atom is -0.366 e. The summed E-state index contributed by atoms with van der Waals surface area (Å²) >= 11 is 12.6. The number of hydrogen-bond acceptors (Lipinski definition) is 3. The van der Waals surface area contributed by atoms with Gasteiger partial charge in [0.2, 0.25) is 5.91 Å². The van der Waals surface area contributed by atoms with E-state index in [0.29, 0.717) is 16.1 Å². The maximum atomic E-state index is 14.1. The zero-order chi connectivity index (χ0) is 20.7. The van der Waals surface area contributed by atoms with Crippen LogP contribution in [0.5, 0.6) is 0 Å². The Morgan fingerprint density at radius 3 is 2.55 bits per heavy atom. The van der Waals surface area contributed by atoms with Crippen LogP contribution in [0.15, 0.2) is 48.7 Å². The summed E-state index contributed by atoms with van der Waals surface area (Å²) in [6.07, 6.45) is 2.55. The second-order valence-electron chi connectivity index (χ2n) is 7.00. The van der Waals surface area contributed by atoms with Crippen LogP contribution < -0.4 is 11.1 Å². The summed E-state index contributed by atoms with van der Waals surface area (Å²) < 4.78 is 14.1. The Morgan fingerprint density at radius 2 is 1.90 bits per heavy atom. The Kier molecular flexibility index (Phi) is 5.19. The molecule has 2 unspecified atom stereocenters. The first kappa shape index (κ1) is 19.7. The topological polar surface area (TPSA) is 68.0 Å². The van der Waals surface area contributed by atoms with E-state index in [1.807, 2.05) is 12.1 Å². The summed E-state index contributed by atoms with van der Waals surface area (Å²) in [6, 6.07) is 11.6. The van der Waals surface area contributed by atoms with Crippen LogP contribution >= 0.6 is 23.2 Å². The highest BCUT2D eigenvalue weighted by Crippen LogP contribution is 2.49. The standard InChI is InChI=1S/C22H18Cl2FN3O/c1-2-14-15-9-13(11-3-5-12(6-4-11)21(26)29)10-27-22(15)28-20(14)18-16(23)7-8-17(25)19(18)24/h3-10,14,20H,2H2,1H3,(H2,26,29)(H,27,28). The number of aromatic nitrogens is 1. The number of amides is 1. The molecule has 4 nitrogen and oxygen atoms in total. The van der Waals surface area contributed by atoms with Gasteiger partial charge in [-0.15, -0.1) is 0 Å². The first-order valence-corrected chi connectivity index (χ1v) is 9.96. The van der Waals surface area contributed by atoms with Crippen molar-refractivity contribution in [1.82, 2.24) is 4.98 Å². The van der Waals surface area contributed by atoms with E-state index in [1.165, 1.54) is 12.1 Å². The van der Waals surface area contributed by atoms with Gasteiger partial charge in [0, 0.05) is 39.4 Å². The molecule has 2 atom stereocenters. The number of halogens is 3. The van der Waals surface area contributed by atoms with Gasteiger partial charge in [-0.05, 0) is 42.3 Å². The van der Waals surface area contributed by atoms with Crippen LogP contribution in [-0.2, 0) is 0 Å². The minimum atomic E-state index is -0.498. The molecule has 0 spiro atoms. The van der Waals surface area contributed by atoms with Gasteiger partial charge in [0.15, 0.2) is 0 Å². The number of rotatable bonds is 4. The van der Waals surface area contributed by atoms with Crippen LogP contribution in [0.4, 0.5) is 10.2 Å². The van der Waals surface area contributed by atoms with Gasteiger partial charge in [-0.25, -0.2) is 9.37 Å². The monoisotopic (exact) mass is 429 g/mol. The Morgan fingerprint density at radius 1 is 1.17 bits per heavy atom. The van der Waals surface area contributed by atoms with E-state index in [-0.39, 0.29) is 17.0 Å². The second kappa shape index (κ2) is 7.65. The number of nitrogens with one attached hydrogen (secondary N) is 1. The molecule has 29 heavy (non-hydrogen) atoms. The number of primary amides is 1. The molecule has 2 aromatic carbocycles. The highest BCUT2D eigenvalue weighted by atomic mass is 35.5. The van der Waals surface area contributed by atoms with Crippen molar-refractivity contribution in [2.75, 3.05) is 5.32 Å². The van der Waals surface area contributed by atoms with Crippen LogP contribution in [0.2, 0.25) is 10.0 Å². The fourth-order valence-corrected chi connectivity index (χ4v) is 4.46. The molecule has 0 radical (unpaired) electrons. The van der Waals surface area contributed by atoms with Crippen molar-refractivity contribution in [3.63, 3.8) is 0 Å². The van der Waals surface area contributed by atoms with E-state index in [1.54, 1.807) is 18.3 Å². The summed E-state index contributed by atoms with van der Waals surface area (Å²) in [6.45, 7) is 2.06. The summed E-state index contributed by atoms with van der Waals surface area (Å²) in [7, 11) is 0. The fourth-order valence-electron chi connectivity index (χ4n) is 3.85. The van der Waals surface area contributed by atoms with E-state index in [9.17, 15) is 9.18 Å². The molecule has 148 valence electrons. The highest BCUT2D eigenvalue weighted by molar-refractivity contribution is 6.36. The van der Waals surface area contributed by atoms with Gasteiger partial charge < -0.3 is 11.1 Å². The minimum absolute atomic E-state index is 0.0270. The molecule has 0 saturated carbocycles. The van der Waals surface area contributed by atoms with Crippen molar-refractivity contribution >= 4 is 34.9 Å². The maximum Gasteiger partial charge on any atom is 0.248 e. The lowest BCUT2D eigenvalue weighted by Crippen LogP contribution is -2.13. The van der Waals surface area contributed by atoms with Crippen LogP contribution in [0.25, 0.3) is 11.1 Å². The average molecular weight is 430 g/mol. The van der Waals surface area contributed by atoms with Gasteiger partial charge in [-0.3, -0.25) is 4.79 Å². The number of benzene rings is 2. The first-order valence-electron chi connectivity index (χ1n) is 9.20. The van der Waals surface area contributed by atoms with Gasteiger partial charge in [0.05, 0.1) is 11.1 Å². The fraction of sp³-hybridized carbons (Fsp3) is 0.182. The van der Waals surface area contributed by atoms with Gasteiger partial charge in [-0.1, -0.05) is 42.3 Å². The Bertz CT molecular complexity index is 1100. The van der Waals surface area contributed by atoms with E-state index in [4.69, 9.17) is 28.9 Å². The molecule has 0 fully saturated rings. The van der Waals surface area contributed by atoms with E-state index >= 15 is 0 Å². The lowest BCUT2D eigenvalue weighted by atomic mass is 9.88. The predicted octanol–water partition coefficient (Wildman–Crippen LogP) is 5.95. The quantitative estimate of drug-likeness (QED) is 0.503. The van der Waals surface area contributed by atoms with Crippen molar-refractivity contribution in [1.29, 1.82) is 0 Å². The molecule has 4 rings (SSSR count). The van der Waals surface area contributed by atoms with Crippen molar-refractivity contribution in [3.8, 4) is 11.1 Å². The summed E-state index contributed by atoms with van der Waals surface area (Å²) in [5.41, 5.74) is 9.16. The Hall–Kier alpha value is -2.63. The molecule has 1 amide bonds. The van der Waals surface area contributed by atoms with E-state index in [0.717, 1.165) is 28.9 Å². The molecule has 0 bridgehead atoms. The van der Waals surface area contributed by atoms with Gasteiger partial charge in [-0.2, -0.15) is 0 Å². The number of fused-ring (bicyclic) bond motifs is 1. The van der Waals surface area contributed by atoms with Crippen LogP contribution in [0.3, 0.4) is 0 Å². The molecule has 0 aliphatic carbocycles. The van der Waals surface area contributed by atoms with Crippen molar-refractivity contribution in [3.05, 3.63) is 81.2 Å². The maximum absolute atomic E-state index is 14.1. The lowest BCUT2D eigenvalue weighted by Gasteiger charge is -2.22. The van der Waals surface area contributed by atoms with E-state index in [2.05, 4.69) is 23.3 Å². The van der Waals surface area contributed by atoms with Crippen LogP contribution in [-0.4, -0.2) is 10.9 Å². The number of hydrogen-bond donors (Lipinski definition) is 2. The van der Waals surface area contributed by atoms with Crippen molar-refractivity contribution in [2.45, 2.75) is 25.3 Å². The second-order valence-corrected chi connectivity index (χ2v) is 7.78. The first-order chi connectivity index (χ1) is 13.9. The lowest BCUT2D eigenvalue weighted by molar-refractivity contribution is 0.100. The molecule has 3 aromatic rings. The number of pyridine rings is 1. The van der Waals surface area contributed by atoms with Crippen molar-refractivity contribution < 1.29 is 9.18 Å². The molecule has 1 aromatic heterocycles. The number of nitrogens with two attached hydrogens (primary N) is 1. The number of carbonyl (C=O) groups is 1. The average Bonchev–Trinajstić information content (AvgIpc) is 3.08. The molecule has 2 heterocycles. The van der Waals surface area contributed by atoms with Gasteiger partial charge >= 0.3 is 0 Å². The number of anilines is 1. The van der Waals surface area contributed by atoms with Gasteiger partial charge in [0.25, 0.3) is 0 Å². The molecule has 3 N–H and O–H groups in total.